The van der Waals surface area contributed by atoms with Crippen LogP contribution in [-0.2, 0) is 17.6 Å². The summed E-state index contributed by atoms with van der Waals surface area (Å²) in [7, 11) is 0. The Morgan fingerprint density at radius 1 is 1.11 bits per heavy atom. The van der Waals surface area contributed by atoms with E-state index in [1.165, 1.54) is 12.4 Å². The second kappa shape index (κ2) is 14.5. The average Bonchev–Trinajstić information content (AvgIpc) is 3.68. The molecular formula is C33H38FKN6O5. The fourth-order valence-corrected chi connectivity index (χ4v) is 6.23. The minimum absolute atomic E-state index is 0. The van der Waals surface area contributed by atoms with Gasteiger partial charge in [-0.25, -0.2) is 13.7 Å². The standard InChI is InChI=1S/C33H37FN6O5.K.H/c1-4-7-28-26(16-20-10-15-24(27(34)17-20)23-8-5-6-9-25(23)29-37-32(42)45-38-29)30(41)39(31-35-19-36-40(28)31)21-11-13-22(14-12-21)44-18-33(2,3)43;;/h5-6,8-10,15,17,19,21-22,43H,4,7,11-14,16,18H2,1-3H3,(H,37,38,42);;/q;+1;-1. The van der Waals surface area contributed by atoms with Crippen LogP contribution in [0, 0.1) is 5.82 Å². The molecule has 2 N–H and O–H groups in total. The number of nitrogens with zero attached hydrogens (tertiary/aromatic N) is 5. The number of aryl methyl sites for hydroxylation is 1. The summed E-state index contributed by atoms with van der Waals surface area (Å²) in [5.41, 5.74) is 2.37. The number of nitrogens with one attached hydrogen (secondary N) is 1. The molecule has 1 aliphatic carbocycles. The van der Waals surface area contributed by atoms with E-state index in [1.807, 2.05) is 13.0 Å². The summed E-state index contributed by atoms with van der Waals surface area (Å²) in [6, 6.07) is 11.9. The summed E-state index contributed by atoms with van der Waals surface area (Å²) in [4.78, 5) is 32.8. The van der Waals surface area contributed by atoms with Gasteiger partial charge in [0.2, 0.25) is 5.78 Å². The predicted molar refractivity (Wildman–Crippen MR) is 167 cm³/mol. The first-order valence-electron chi connectivity index (χ1n) is 15.4. The summed E-state index contributed by atoms with van der Waals surface area (Å²) >= 11 is 0. The topological polar surface area (TPSA) is 141 Å². The van der Waals surface area contributed by atoms with E-state index in [4.69, 9.17) is 4.74 Å². The molecule has 1 saturated carbocycles. The van der Waals surface area contributed by atoms with Gasteiger partial charge in [-0.1, -0.05) is 54.9 Å². The molecule has 0 unspecified atom stereocenters. The smallest absolute Gasteiger partial charge is 1.00 e. The minimum Gasteiger partial charge on any atom is -1.00 e. The van der Waals surface area contributed by atoms with Crippen LogP contribution in [0.4, 0.5) is 4.39 Å². The molecule has 0 bridgehead atoms. The van der Waals surface area contributed by atoms with E-state index in [-0.39, 0.29) is 89.4 Å². The molecule has 1 fully saturated rings. The zero-order valence-electron chi connectivity index (χ0n) is 27.6. The Hall–Kier alpha value is -2.78. The van der Waals surface area contributed by atoms with Gasteiger partial charge >= 0.3 is 57.1 Å². The third kappa shape index (κ3) is 7.35. The van der Waals surface area contributed by atoms with Crippen LogP contribution < -0.4 is 62.7 Å². The average molecular weight is 657 g/mol. The number of fused-ring (bicyclic) bond motifs is 1. The monoisotopic (exact) mass is 656 g/mol. The Morgan fingerprint density at radius 3 is 2.50 bits per heavy atom. The second-order valence-electron chi connectivity index (χ2n) is 12.4. The molecule has 0 amide bonds. The van der Waals surface area contributed by atoms with Crippen molar-refractivity contribution in [2.24, 2.45) is 0 Å². The van der Waals surface area contributed by atoms with Gasteiger partial charge in [0.05, 0.1) is 24.0 Å². The van der Waals surface area contributed by atoms with E-state index in [0.29, 0.717) is 40.0 Å². The van der Waals surface area contributed by atoms with Crippen molar-refractivity contribution in [2.75, 3.05) is 6.61 Å². The Morgan fingerprint density at radius 2 is 1.85 bits per heavy atom. The van der Waals surface area contributed by atoms with Crippen LogP contribution in [0.5, 0.6) is 0 Å². The number of aromatic amines is 1. The van der Waals surface area contributed by atoms with Crippen LogP contribution in [0.15, 0.2) is 62.9 Å². The Balaban J connectivity index is 0.00000250. The maximum Gasteiger partial charge on any atom is 1.00 e. The van der Waals surface area contributed by atoms with E-state index in [2.05, 4.69) is 24.7 Å². The van der Waals surface area contributed by atoms with Crippen molar-refractivity contribution in [3.63, 3.8) is 0 Å². The van der Waals surface area contributed by atoms with E-state index in [0.717, 1.165) is 37.8 Å². The number of halogens is 1. The number of hydrogen-bond donors (Lipinski definition) is 2. The van der Waals surface area contributed by atoms with Gasteiger partial charge in [-0.3, -0.25) is 18.9 Å². The molecule has 0 atom stereocenters. The SMILES string of the molecule is CCCc1c(Cc2ccc(-c3ccccc3-c3noc(=O)[nH]3)c(F)c2)c(=O)n(C2CCC(OCC(C)(C)O)CC2)c2ncnn12.[H-].[K+]. The van der Waals surface area contributed by atoms with Crippen LogP contribution >= 0.6 is 0 Å². The summed E-state index contributed by atoms with van der Waals surface area (Å²) in [6.07, 6.45) is 6.11. The van der Waals surface area contributed by atoms with Crippen LogP contribution in [0.3, 0.4) is 0 Å². The minimum atomic E-state index is -0.899. The van der Waals surface area contributed by atoms with Crippen LogP contribution in [0.1, 0.15) is 77.2 Å². The molecule has 46 heavy (non-hydrogen) atoms. The van der Waals surface area contributed by atoms with Crippen LogP contribution in [0.2, 0.25) is 0 Å². The fraction of sp³-hybridized carbons (Fsp3) is 0.424. The predicted octanol–water partition coefficient (Wildman–Crippen LogP) is 1.97. The Bertz CT molecular complexity index is 1940. The Labute approximate surface area is 309 Å². The quantitative estimate of drug-likeness (QED) is 0.218. The van der Waals surface area contributed by atoms with Crippen molar-refractivity contribution in [1.29, 1.82) is 0 Å². The summed E-state index contributed by atoms with van der Waals surface area (Å²) < 4.78 is 29.9. The molecule has 5 aromatic rings. The number of rotatable bonds is 10. The maximum absolute atomic E-state index is 15.8. The van der Waals surface area contributed by atoms with Gasteiger partial charge in [0.25, 0.3) is 5.56 Å². The normalized spacial score (nSPS) is 16.9. The Kier molecular flexibility index (Phi) is 10.9. The summed E-state index contributed by atoms with van der Waals surface area (Å²) in [6.45, 7) is 5.74. The molecule has 0 spiro atoms. The third-order valence-corrected chi connectivity index (χ3v) is 8.32. The molecule has 3 aromatic heterocycles. The summed E-state index contributed by atoms with van der Waals surface area (Å²) in [5, 5.41) is 18.3. The number of ether oxygens (including phenoxy) is 1. The van der Waals surface area contributed by atoms with Crippen molar-refractivity contribution in [2.45, 2.75) is 83.5 Å². The molecule has 3 heterocycles. The van der Waals surface area contributed by atoms with E-state index >= 15 is 4.39 Å². The first-order valence-corrected chi connectivity index (χ1v) is 15.4. The van der Waals surface area contributed by atoms with Gasteiger partial charge in [-0.2, -0.15) is 10.1 Å². The second-order valence-corrected chi connectivity index (χ2v) is 12.4. The maximum atomic E-state index is 15.8. The molecule has 0 aliphatic heterocycles. The van der Waals surface area contributed by atoms with Crippen LogP contribution in [-0.4, -0.2) is 52.7 Å². The van der Waals surface area contributed by atoms with Gasteiger partial charge < -0.3 is 11.3 Å². The zero-order valence-corrected chi connectivity index (χ0v) is 29.7. The van der Waals surface area contributed by atoms with Gasteiger partial charge in [-0.05, 0) is 63.1 Å². The first kappa shape index (κ1) is 34.5. The summed E-state index contributed by atoms with van der Waals surface area (Å²) in [5.74, 6) is -0.435. The number of aliphatic hydroxyl groups is 1. The number of aromatic nitrogens is 6. The van der Waals surface area contributed by atoms with Gasteiger partial charge in [0, 0.05) is 29.2 Å². The van der Waals surface area contributed by atoms with Crippen molar-refractivity contribution >= 4 is 5.78 Å². The van der Waals surface area contributed by atoms with Crippen molar-refractivity contribution < 1.29 is 71.6 Å². The number of hydrogen-bond acceptors (Lipinski definition) is 8. The first-order chi connectivity index (χ1) is 21.6. The van der Waals surface area contributed by atoms with Crippen molar-refractivity contribution in [3.05, 3.63) is 92.3 Å². The van der Waals surface area contributed by atoms with Gasteiger partial charge in [0.1, 0.15) is 12.1 Å². The molecule has 6 rings (SSSR count). The van der Waals surface area contributed by atoms with E-state index in [1.54, 1.807) is 53.3 Å². The van der Waals surface area contributed by atoms with Gasteiger partial charge in [0.15, 0.2) is 5.82 Å². The van der Waals surface area contributed by atoms with E-state index in [9.17, 15) is 14.7 Å². The molecule has 1 aliphatic rings. The third-order valence-electron chi connectivity index (χ3n) is 8.32. The largest absolute Gasteiger partial charge is 1.00 e. The van der Waals surface area contributed by atoms with E-state index < -0.39 is 17.2 Å². The molecule has 0 saturated heterocycles. The molecule has 0 radical (unpaired) electrons. The number of H-pyrrole nitrogens is 1. The molecule has 11 nitrogen and oxygen atoms in total. The van der Waals surface area contributed by atoms with Crippen molar-refractivity contribution in [1.82, 2.24) is 29.3 Å². The zero-order chi connectivity index (χ0) is 31.7. The molecule has 238 valence electrons. The molecular weight excluding hydrogens is 618 g/mol. The fourth-order valence-electron chi connectivity index (χ4n) is 6.23. The van der Waals surface area contributed by atoms with Crippen molar-refractivity contribution in [3.8, 4) is 22.5 Å². The number of benzene rings is 2. The van der Waals surface area contributed by atoms with Gasteiger partial charge in [-0.15, -0.1) is 0 Å². The van der Waals surface area contributed by atoms with Crippen LogP contribution in [0.25, 0.3) is 28.3 Å². The molecule has 13 heteroatoms. The molecule has 2 aromatic carbocycles.